The third-order valence-electron chi connectivity index (χ3n) is 8.36. The zero-order chi connectivity index (χ0) is 17.2. The SMILES string of the molecule is C#C[C@]1(O)CC[C@H]2[C@@H]3CCC4=CC(=O)CC[C@]4(CO)[C@H]3CC[C@@]21C. The quantitative estimate of drug-likeness (QED) is 0.728. The zero-order valence-electron chi connectivity index (χ0n) is 14.6. The van der Waals surface area contributed by atoms with Crippen molar-refractivity contribution in [2.24, 2.45) is 28.6 Å². The van der Waals surface area contributed by atoms with E-state index in [-0.39, 0.29) is 23.2 Å². The van der Waals surface area contributed by atoms with Gasteiger partial charge in [-0.1, -0.05) is 18.4 Å². The van der Waals surface area contributed by atoms with Gasteiger partial charge < -0.3 is 10.2 Å². The van der Waals surface area contributed by atoms with E-state index >= 15 is 0 Å². The molecule has 24 heavy (non-hydrogen) atoms. The van der Waals surface area contributed by atoms with Gasteiger partial charge >= 0.3 is 0 Å². The Morgan fingerprint density at radius 3 is 2.67 bits per heavy atom. The van der Waals surface area contributed by atoms with Gasteiger partial charge in [0, 0.05) is 17.3 Å². The number of aliphatic hydroxyl groups excluding tert-OH is 1. The van der Waals surface area contributed by atoms with Crippen LogP contribution in [-0.4, -0.2) is 28.2 Å². The van der Waals surface area contributed by atoms with Crippen molar-refractivity contribution in [3.63, 3.8) is 0 Å². The minimum Gasteiger partial charge on any atom is -0.395 e. The van der Waals surface area contributed by atoms with E-state index < -0.39 is 5.60 Å². The van der Waals surface area contributed by atoms with Gasteiger partial charge in [0.2, 0.25) is 0 Å². The molecule has 0 aromatic heterocycles. The van der Waals surface area contributed by atoms with Gasteiger partial charge in [0.1, 0.15) is 5.60 Å². The number of carbonyl (C=O) groups excluding carboxylic acids is 1. The Kier molecular flexibility index (Phi) is 3.54. The van der Waals surface area contributed by atoms with Crippen LogP contribution in [-0.2, 0) is 4.79 Å². The zero-order valence-corrected chi connectivity index (χ0v) is 14.6. The summed E-state index contributed by atoms with van der Waals surface area (Å²) in [5, 5.41) is 21.3. The molecule has 0 aromatic carbocycles. The third kappa shape index (κ3) is 1.85. The summed E-state index contributed by atoms with van der Waals surface area (Å²) in [5.41, 5.74) is -0.190. The van der Waals surface area contributed by atoms with Gasteiger partial charge in [0.25, 0.3) is 0 Å². The Hall–Kier alpha value is -1.11. The first kappa shape index (κ1) is 16.4. The predicted molar refractivity (Wildman–Crippen MR) is 91.9 cm³/mol. The summed E-state index contributed by atoms with van der Waals surface area (Å²) in [6.07, 6.45) is 14.5. The van der Waals surface area contributed by atoms with Crippen molar-refractivity contribution >= 4 is 5.78 Å². The fourth-order valence-electron chi connectivity index (χ4n) is 6.91. The molecule has 0 unspecified atom stereocenters. The lowest BCUT2D eigenvalue weighted by Gasteiger charge is -2.59. The average molecular weight is 328 g/mol. The van der Waals surface area contributed by atoms with Gasteiger partial charge in [0.15, 0.2) is 5.78 Å². The number of rotatable bonds is 1. The summed E-state index contributed by atoms with van der Waals surface area (Å²) in [7, 11) is 0. The summed E-state index contributed by atoms with van der Waals surface area (Å²) in [5.74, 6) is 4.29. The molecule has 0 saturated heterocycles. The van der Waals surface area contributed by atoms with Crippen LogP contribution < -0.4 is 0 Å². The number of hydrogen-bond donors (Lipinski definition) is 2. The molecular formula is C21H28O3. The molecule has 3 saturated carbocycles. The standard InChI is InChI=1S/C21H28O3/c1-3-21(24)11-8-17-16-5-4-14-12-15(23)6-10-20(14,13-22)18(16)7-9-19(17,21)2/h1,12,16-18,22,24H,4-11,13H2,2H3/t16-,17-,18-,19-,20+,21-/m0/s1. The number of carbonyl (C=O) groups is 1. The Balaban J connectivity index is 1.72. The van der Waals surface area contributed by atoms with Crippen LogP contribution in [0.5, 0.6) is 0 Å². The van der Waals surface area contributed by atoms with Crippen LogP contribution in [0, 0.1) is 40.9 Å². The van der Waals surface area contributed by atoms with E-state index in [2.05, 4.69) is 12.8 Å². The van der Waals surface area contributed by atoms with Gasteiger partial charge in [-0.15, -0.1) is 6.42 Å². The average Bonchev–Trinajstić information content (AvgIpc) is 2.86. The van der Waals surface area contributed by atoms with Crippen LogP contribution in [0.2, 0.25) is 0 Å². The van der Waals surface area contributed by atoms with E-state index in [0.717, 1.165) is 38.5 Å². The summed E-state index contributed by atoms with van der Waals surface area (Å²) in [4.78, 5) is 11.9. The number of aliphatic hydroxyl groups is 2. The van der Waals surface area contributed by atoms with E-state index in [0.29, 0.717) is 30.6 Å². The lowest BCUT2D eigenvalue weighted by molar-refractivity contribution is -0.123. The highest BCUT2D eigenvalue weighted by atomic mass is 16.3. The molecule has 4 aliphatic carbocycles. The Bertz CT molecular complexity index is 644. The highest BCUT2D eigenvalue weighted by Gasteiger charge is 2.64. The second kappa shape index (κ2) is 5.19. The van der Waals surface area contributed by atoms with Crippen molar-refractivity contribution in [3.05, 3.63) is 11.6 Å². The second-order valence-electron chi connectivity index (χ2n) is 8.87. The topological polar surface area (TPSA) is 57.5 Å². The Morgan fingerprint density at radius 2 is 1.96 bits per heavy atom. The fraction of sp³-hybridized carbons (Fsp3) is 0.762. The molecule has 3 fully saturated rings. The Morgan fingerprint density at radius 1 is 1.21 bits per heavy atom. The maximum absolute atomic E-state index is 11.9. The van der Waals surface area contributed by atoms with Crippen molar-refractivity contribution in [1.82, 2.24) is 0 Å². The smallest absolute Gasteiger partial charge is 0.155 e. The molecular weight excluding hydrogens is 300 g/mol. The highest BCUT2D eigenvalue weighted by molar-refractivity contribution is 5.91. The first-order chi connectivity index (χ1) is 11.4. The molecule has 0 amide bonds. The van der Waals surface area contributed by atoms with Gasteiger partial charge in [-0.25, -0.2) is 0 Å². The van der Waals surface area contributed by atoms with Gasteiger partial charge in [0.05, 0.1) is 6.61 Å². The number of ketones is 1. The van der Waals surface area contributed by atoms with Crippen molar-refractivity contribution in [1.29, 1.82) is 0 Å². The van der Waals surface area contributed by atoms with Crippen LogP contribution in [0.3, 0.4) is 0 Å². The monoisotopic (exact) mass is 328 g/mol. The van der Waals surface area contributed by atoms with Crippen LogP contribution in [0.4, 0.5) is 0 Å². The molecule has 0 heterocycles. The lowest BCUT2D eigenvalue weighted by Crippen LogP contribution is -2.56. The van der Waals surface area contributed by atoms with Crippen molar-refractivity contribution in [2.45, 2.75) is 63.9 Å². The molecule has 2 N–H and O–H groups in total. The third-order valence-corrected chi connectivity index (χ3v) is 8.36. The maximum atomic E-state index is 11.9. The van der Waals surface area contributed by atoms with Crippen molar-refractivity contribution < 1.29 is 15.0 Å². The van der Waals surface area contributed by atoms with Crippen LogP contribution in [0.15, 0.2) is 11.6 Å². The molecule has 4 rings (SSSR count). The van der Waals surface area contributed by atoms with E-state index in [1.54, 1.807) is 0 Å². The number of terminal acetylenes is 1. The second-order valence-corrected chi connectivity index (χ2v) is 8.87. The van der Waals surface area contributed by atoms with Crippen molar-refractivity contribution in [3.8, 4) is 12.3 Å². The minimum atomic E-state index is -0.979. The Labute approximate surface area is 144 Å². The first-order valence-electron chi connectivity index (χ1n) is 9.45. The first-order valence-corrected chi connectivity index (χ1v) is 9.45. The summed E-state index contributed by atoms with van der Waals surface area (Å²) in [6, 6.07) is 0. The molecule has 0 spiro atoms. The molecule has 3 nitrogen and oxygen atoms in total. The number of fused-ring (bicyclic) bond motifs is 5. The molecule has 0 bridgehead atoms. The highest BCUT2D eigenvalue weighted by Crippen LogP contribution is 2.67. The molecule has 4 aliphatic rings. The molecule has 0 radical (unpaired) electrons. The van der Waals surface area contributed by atoms with E-state index in [1.165, 1.54) is 5.57 Å². The molecule has 0 aliphatic heterocycles. The van der Waals surface area contributed by atoms with Crippen LogP contribution in [0.1, 0.15) is 58.3 Å². The largest absolute Gasteiger partial charge is 0.395 e. The molecule has 6 atom stereocenters. The predicted octanol–water partition coefficient (Wildman–Crippen LogP) is 2.86. The summed E-state index contributed by atoms with van der Waals surface area (Å²) >= 11 is 0. The molecule has 130 valence electrons. The fourth-order valence-corrected chi connectivity index (χ4v) is 6.91. The minimum absolute atomic E-state index is 0.149. The van der Waals surface area contributed by atoms with Gasteiger partial charge in [-0.3, -0.25) is 4.79 Å². The molecule has 3 heteroatoms. The number of hydrogen-bond acceptors (Lipinski definition) is 3. The maximum Gasteiger partial charge on any atom is 0.155 e. The summed E-state index contributed by atoms with van der Waals surface area (Å²) in [6.45, 7) is 2.33. The normalized spacial score (nSPS) is 50.3. The van der Waals surface area contributed by atoms with E-state index in [1.807, 2.05) is 6.08 Å². The van der Waals surface area contributed by atoms with E-state index in [9.17, 15) is 15.0 Å². The van der Waals surface area contributed by atoms with Gasteiger partial charge in [-0.2, -0.15) is 0 Å². The summed E-state index contributed by atoms with van der Waals surface area (Å²) < 4.78 is 0. The molecule has 0 aromatic rings. The van der Waals surface area contributed by atoms with E-state index in [4.69, 9.17) is 6.42 Å². The lowest BCUT2D eigenvalue weighted by atomic mass is 9.46. The van der Waals surface area contributed by atoms with Crippen molar-refractivity contribution in [2.75, 3.05) is 6.61 Å². The van der Waals surface area contributed by atoms with Crippen LogP contribution in [0.25, 0.3) is 0 Å². The van der Waals surface area contributed by atoms with Crippen LogP contribution >= 0.6 is 0 Å². The van der Waals surface area contributed by atoms with Gasteiger partial charge in [-0.05, 0) is 68.8 Å².